The van der Waals surface area contributed by atoms with Gasteiger partial charge in [-0.05, 0) is 39.8 Å². The Kier molecular flexibility index (Phi) is 6.61. The molecule has 3 aromatic rings. The molecule has 0 amide bonds. The molecule has 0 aliphatic heterocycles. The number of hydrogen-bond acceptors (Lipinski definition) is 3. The quantitative estimate of drug-likeness (QED) is 0.477. The lowest BCUT2D eigenvalue weighted by Gasteiger charge is -2.24. The Bertz CT molecular complexity index is 1060. The first-order valence-electron chi connectivity index (χ1n) is 9.44. The molecule has 0 spiro atoms. The van der Waals surface area contributed by atoms with Gasteiger partial charge in [-0.1, -0.05) is 52.3 Å². The summed E-state index contributed by atoms with van der Waals surface area (Å²) in [6.07, 6.45) is 0. The molecule has 1 aromatic heterocycles. The van der Waals surface area contributed by atoms with Crippen molar-refractivity contribution in [2.75, 3.05) is 6.61 Å². The Morgan fingerprint density at radius 2 is 1.83 bits per heavy atom. The van der Waals surface area contributed by atoms with Crippen LogP contribution in [0.15, 0.2) is 53.0 Å². The van der Waals surface area contributed by atoms with Gasteiger partial charge >= 0.3 is 5.97 Å². The standard InChI is InChI=1S/C22H25BrN2O3S/c1-5-28-21(26)20(25-29(27)22(2,3)4)18-15-11-7-9-13-17(15)24-19(18)14-10-6-8-12-16(14)23/h6-13,20,24-25H,5H2,1-4H3/t20-,29-/m0/s1. The first kappa shape index (κ1) is 21.7. The van der Waals surface area contributed by atoms with E-state index in [2.05, 4.69) is 25.6 Å². The molecule has 5 nitrogen and oxygen atoms in total. The molecule has 0 aliphatic carbocycles. The van der Waals surface area contributed by atoms with Crippen LogP contribution in [0.5, 0.6) is 0 Å². The number of esters is 1. The van der Waals surface area contributed by atoms with E-state index in [4.69, 9.17) is 4.74 Å². The van der Waals surface area contributed by atoms with Gasteiger partial charge in [-0.25, -0.2) is 13.7 Å². The monoisotopic (exact) mass is 476 g/mol. The van der Waals surface area contributed by atoms with Crippen molar-refractivity contribution in [1.82, 2.24) is 9.71 Å². The fourth-order valence-corrected chi connectivity index (χ4v) is 4.34. The molecule has 7 heteroatoms. The highest BCUT2D eigenvalue weighted by atomic mass is 79.9. The second kappa shape index (κ2) is 8.81. The molecule has 29 heavy (non-hydrogen) atoms. The van der Waals surface area contributed by atoms with Gasteiger partial charge in [0.2, 0.25) is 0 Å². The van der Waals surface area contributed by atoms with E-state index in [1.807, 2.05) is 69.3 Å². The first-order chi connectivity index (χ1) is 13.7. The van der Waals surface area contributed by atoms with Gasteiger partial charge in [0.1, 0.15) is 6.04 Å². The molecule has 0 bridgehead atoms. The lowest BCUT2D eigenvalue weighted by atomic mass is 9.99. The third-order valence-corrected chi connectivity index (χ3v) is 6.74. The maximum absolute atomic E-state index is 13.0. The molecular formula is C22H25BrN2O3S. The van der Waals surface area contributed by atoms with Crippen molar-refractivity contribution in [3.8, 4) is 11.3 Å². The highest BCUT2D eigenvalue weighted by Crippen LogP contribution is 2.38. The Balaban J connectivity index is 2.25. The molecule has 0 unspecified atom stereocenters. The normalized spacial score (nSPS) is 14.0. The fourth-order valence-electron chi connectivity index (χ4n) is 3.07. The summed E-state index contributed by atoms with van der Waals surface area (Å²) in [6, 6.07) is 14.7. The number of aromatic amines is 1. The summed E-state index contributed by atoms with van der Waals surface area (Å²) < 4.78 is 21.6. The molecule has 3 rings (SSSR count). The Morgan fingerprint density at radius 3 is 2.48 bits per heavy atom. The fraction of sp³-hybridized carbons (Fsp3) is 0.318. The van der Waals surface area contributed by atoms with Crippen LogP contribution in [0, 0.1) is 0 Å². The van der Waals surface area contributed by atoms with Crippen LogP contribution >= 0.6 is 15.9 Å². The molecule has 2 aromatic carbocycles. The predicted octanol–water partition coefficient (Wildman–Crippen LogP) is 5.25. The maximum atomic E-state index is 13.0. The van der Waals surface area contributed by atoms with Crippen LogP contribution in [0.25, 0.3) is 22.2 Å². The molecule has 2 N–H and O–H groups in total. The highest BCUT2D eigenvalue weighted by Gasteiger charge is 2.33. The van der Waals surface area contributed by atoms with Crippen molar-refractivity contribution < 1.29 is 13.7 Å². The second-order valence-electron chi connectivity index (χ2n) is 7.62. The van der Waals surface area contributed by atoms with Crippen LogP contribution in [-0.4, -0.2) is 26.5 Å². The molecule has 0 saturated heterocycles. The summed E-state index contributed by atoms with van der Waals surface area (Å²) in [5, 5.41) is 0.884. The number of nitrogens with one attached hydrogen (secondary N) is 2. The average Bonchev–Trinajstić information content (AvgIpc) is 3.04. The molecule has 0 radical (unpaired) electrons. The molecule has 154 valence electrons. The molecular weight excluding hydrogens is 452 g/mol. The van der Waals surface area contributed by atoms with Crippen molar-refractivity contribution in [3.63, 3.8) is 0 Å². The van der Waals surface area contributed by atoms with Crippen LogP contribution in [0.3, 0.4) is 0 Å². The van der Waals surface area contributed by atoms with Crippen molar-refractivity contribution in [2.24, 2.45) is 0 Å². The predicted molar refractivity (Wildman–Crippen MR) is 122 cm³/mol. The van der Waals surface area contributed by atoms with E-state index in [1.54, 1.807) is 6.92 Å². The lowest BCUT2D eigenvalue weighted by molar-refractivity contribution is -0.145. The number of hydrogen-bond donors (Lipinski definition) is 2. The molecule has 1 heterocycles. The Labute approximate surface area is 182 Å². The van der Waals surface area contributed by atoms with Crippen LogP contribution in [0.4, 0.5) is 0 Å². The van der Waals surface area contributed by atoms with Crippen molar-refractivity contribution in [2.45, 2.75) is 38.5 Å². The third-order valence-electron chi connectivity index (χ3n) is 4.48. The largest absolute Gasteiger partial charge is 0.465 e. The smallest absolute Gasteiger partial charge is 0.328 e. The number of para-hydroxylation sites is 1. The zero-order valence-electron chi connectivity index (χ0n) is 16.9. The van der Waals surface area contributed by atoms with E-state index in [0.717, 1.165) is 32.2 Å². The van der Waals surface area contributed by atoms with Crippen LogP contribution in [0.1, 0.15) is 39.3 Å². The number of ether oxygens (including phenoxy) is 1. The topological polar surface area (TPSA) is 71.2 Å². The van der Waals surface area contributed by atoms with Gasteiger partial charge in [0.15, 0.2) is 0 Å². The molecule has 2 atom stereocenters. The SMILES string of the molecule is CCOC(=O)[C@@H](N[S@@](=O)C(C)(C)C)c1c(-c2ccccc2Br)[nH]c2ccccc12. The summed E-state index contributed by atoms with van der Waals surface area (Å²) in [6.45, 7) is 7.60. The first-order valence-corrected chi connectivity index (χ1v) is 11.4. The number of H-pyrrole nitrogens is 1. The van der Waals surface area contributed by atoms with Gasteiger partial charge in [0.05, 0.1) is 28.0 Å². The number of fused-ring (bicyclic) bond motifs is 1. The average molecular weight is 477 g/mol. The summed E-state index contributed by atoms with van der Waals surface area (Å²) in [7, 11) is -1.47. The minimum atomic E-state index is -1.47. The Hall–Kier alpha value is -1.96. The summed E-state index contributed by atoms with van der Waals surface area (Å²) in [5.41, 5.74) is 3.32. The summed E-state index contributed by atoms with van der Waals surface area (Å²) in [4.78, 5) is 16.4. The van der Waals surface area contributed by atoms with Gasteiger partial charge in [-0.2, -0.15) is 0 Å². The van der Waals surface area contributed by atoms with Gasteiger partial charge in [0, 0.05) is 26.5 Å². The van der Waals surface area contributed by atoms with E-state index in [0.29, 0.717) is 0 Å². The van der Waals surface area contributed by atoms with E-state index in [1.165, 1.54) is 0 Å². The van der Waals surface area contributed by atoms with Crippen LogP contribution in [-0.2, 0) is 20.5 Å². The van der Waals surface area contributed by atoms with E-state index < -0.39 is 27.7 Å². The highest BCUT2D eigenvalue weighted by molar-refractivity contribution is 9.10. The van der Waals surface area contributed by atoms with E-state index in [9.17, 15) is 9.00 Å². The van der Waals surface area contributed by atoms with Gasteiger partial charge in [-0.15, -0.1) is 0 Å². The van der Waals surface area contributed by atoms with Gasteiger partial charge in [-0.3, -0.25) is 0 Å². The molecule has 0 fully saturated rings. The van der Waals surface area contributed by atoms with E-state index >= 15 is 0 Å². The summed E-state index contributed by atoms with van der Waals surface area (Å²) >= 11 is 3.61. The van der Waals surface area contributed by atoms with Crippen molar-refractivity contribution >= 4 is 43.8 Å². The Morgan fingerprint density at radius 1 is 1.17 bits per heavy atom. The number of rotatable bonds is 6. The number of carbonyl (C=O) groups excluding carboxylic acids is 1. The zero-order valence-corrected chi connectivity index (χ0v) is 19.3. The third kappa shape index (κ3) is 4.63. The van der Waals surface area contributed by atoms with Crippen LogP contribution < -0.4 is 4.72 Å². The molecule has 0 saturated carbocycles. The number of aromatic nitrogens is 1. The number of halogens is 1. The lowest BCUT2D eigenvalue weighted by Crippen LogP contribution is -2.39. The van der Waals surface area contributed by atoms with Gasteiger partial charge in [0.25, 0.3) is 0 Å². The van der Waals surface area contributed by atoms with Gasteiger partial charge < -0.3 is 9.72 Å². The van der Waals surface area contributed by atoms with Crippen molar-refractivity contribution in [1.29, 1.82) is 0 Å². The van der Waals surface area contributed by atoms with Crippen LogP contribution in [0.2, 0.25) is 0 Å². The minimum Gasteiger partial charge on any atom is -0.465 e. The number of carbonyl (C=O) groups is 1. The number of benzene rings is 2. The van der Waals surface area contributed by atoms with Crippen molar-refractivity contribution in [3.05, 3.63) is 58.6 Å². The zero-order chi connectivity index (χ0) is 21.2. The molecule has 0 aliphatic rings. The minimum absolute atomic E-state index is 0.242. The maximum Gasteiger partial charge on any atom is 0.328 e. The summed E-state index contributed by atoms with van der Waals surface area (Å²) in [5.74, 6) is -0.455. The second-order valence-corrected chi connectivity index (χ2v) is 10.5. The van der Waals surface area contributed by atoms with E-state index in [-0.39, 0.29) is 6.61 Å².